The maximum atomic E-state index is 13.1. The summed E-state index contributed by atoms with van der Waals surface area (Å²) >= 11 is 0. The molecule has 1 heterocycles. The van der Waals surface area contributed by atoms with Crippen molar-refractivity contribution in [3.05, 3.63) is 77.9 Å². The maximum absolute atomic E-state index is 13.1. The van der Waals surface area contributed by atoms with Crippen LogP contribution in [0.15, 0.2) is 66.7 Å². The van der Waals surface area contributed by atoms with Crippen molar-refractivity contribution in [2.45, 2.75) is 25.5 Å². The molecule has 30 heavy (non-hydrogen) atoms. The first-order valence-electron chi connectivity index (χ1n) is 9.88. The number of carbonyl (C=O) groups excluding carboxylic acids is 2. The van der Waals surface area contributed by atoms with E-state index in [-0.39, 0.29) is 13.2 Å². The Morgan fingerprint density at radius 1 is 1.03 bits per heavy atom. The van der Waals surface area contributed by atoms with Crippen molar-refractivity contribution >= 4 is 22.7 Å². The van der Waals surface area contributed by atoms with E-state index in [0.717, 1.165) is 21.2 Å². The molecule has 4 rings (SSSR count). The van der Waals surface area contributed by atoms with Crippen molar-refractivity contribution in [2.24, 2.45) is 0 Å². The van der Waals surface area contributed by atoms with Crippen molar-refractivity contribution in [1.82, 2.24) is 10.2 Å². The molecule has 0 radical (unpaired) electrons. The van der Waals surface area contributed by atoms with Gasteiger partial charge in [0.2, 0.25) is 0 Å². The van der Waals surface area contributed by atoms with E-state index in [2.05, 4.69) is 5.32 Å². The van der Waals surface area contributed by atoms with Crippen LogP contribution in [0.3, 0.4) is 0 Å². The molecule has 3 aromatic carbocycles. The number of β-amino-alcohol motifs (C(OH)–C–C–N with tert-alkyl or cyclic N) is 1. The number of aryl methyl sites for hydroxylation is 1. The van der Waals surface area contributed by atoms with Gasteiger partial charge in [-0.25, -0.2) is 4.79 Å². The Morgan fingerprint density at radius 2 is 1.80 bits per heavy atom. The minimum Gasteiger partial charge on any atom is -0.491 e. The first-order chi connectivity index (χ1) is 14.4. The van der Waals surface area contributed by atoms with Crippen LogP contribution in [0.4, 0.5) is 4.79 Å². The lowest BCUT2D eigenvalue weighted by Gasteiger charge is -2.23. The topological polar surface area (TPSA) is 78.9 Å². The van der Waals surface area contributed by atoms with E-state index in [1.165, 1.54) is 0 Å². The summed E-state index contributed by atoms with van der Waals surface area (Å²) in [4.78, 5) is 26.7. The molecule has 1 aliphatic rings. The molecule has 6 heteroatoms. The summed E-state index contributed by atoms with van der Waals surface area (Å²) < 4.78 is 5.59. The standard InChI is InChI=1S/C24H24N2O4/c1-16-6-5-9-21(12-16)30-15-20(27)14-26-22(28)24(2,25-23(26)29)19-11-10-17-7-3-4-8-18(17)13-19/h3-13,20,27H,14-15H2,1-2H3,(H,25,29)/t20-,24-/m0/s1. The molecule has 2 N–H and O–H groups in total. The van der Waals surface area contributed by atoms with Gasteiger partial charge in [0.1, 0.15) is 24.0 Å². The summed E-state index contributed by atoms with van der Waals surface area (Å²) in [5, 5.41) is 15.2. The summed E-state index contributed by atoms with van der Waals surface area (Å²) in [5.41, 5.74) is 0.563. The number of aliphatic hydroxyl groups is 1. The van der Waals surface area contributed by atoms with Gasteiger partial charge >= 0.3 is 6.03 Å². The van der Waals surface area contributed by atoms with Crippen LogP contribution in [0, 0.1) is 6.92 Å². The fourth-order valence-electron chi connectivity index (χ4n) is 3.72. The predicted octanol–water partition coefficient (Wildman–Crippen LogP) is 3.36. The van der Waals surface area contributed by atoms with Crippen molar-refractivity contribution in [3.63, 3.8) is 0 Å². The normalized spacial score (nSPS) is 19.8. The zero-order valence-electron chi connectivity index (χ0n) is 17.0. The van der Waals surface area contributed by atoms with Gasteiger partial charge in [0.15, 0.2) is 0 Å². The lowest BCUT2D eigenvalue weighted by molar-refractivity contribution is -0.132. The van der Waals surface area contributed by atoms with E-state index >= 15 is 0 Å². The van der Waals surface area contributed by atoms with Crippen LogP contribution in [0.25, 0.3) is 10.8 Å². The highest BCUT2D eigenvalue weighted by atomic mass is 16.5. The van der Waals surface area contributed by atoms with E-state index in [9.17, 15) is 14.7 Å². The molecule has 1 fully saturated rings. The lowest BCUT2D eigenvalue weighted by Crippen LogP contribution is -2.42. The molecule has 154 valence electrons. The van der Waals surface area contributed by atoms with Gasteiger partial charge in [0.25, 0.3) is 5.91 Å². The Hall–Kier alpha value is -3.38. The molecule has 0 spiro atoms. The van der Waals surface area contributed by atoms with Crippen LogP contribution in [0.1, 0.15) is 18.1 Å². The molecule has 2 atom stereocenters. The minimum absolute atomic E-state index is 0.0206. The fourth-order valence-corrected chi connectivity index (χ4v) is 3.72. The number of imide groups is 1. The fraction of sp³-hybridized carbons (Fsp3) is 0.250. The largest absolute Gasteiger partial charge is 0.491 e. The Kier molecular flexibility index (Phi) is 5.18. The number of nitrogens with zero attached hydrogens (tertiary/aromatic N) is 1. The second kappa shape index (κ2) is 7.80. The summed E-state index contributed by atoms with van der Waals surface area (Å²) in [7, 11) is 0. The summed E-state index contributed by atoms with van der Waals surface area (Å²) in [5.74, 6) is 0.240. The predicted molar refractivity (Wildman–Crippen MR) is 114 cm³/mol. The Balaban J connectivity index is 1.47. The van der Waals surface area contributed by atoms with Crippen LogP contribution >= 0.6 is 0 Å². The molecular formula is C24H24N2O4. The third-order valence-electron chi connectivity index (χ3n) is 5.43. The number of urea groups is 1. The van der Waals surface area contributed by atoms with Crippen molar-refractivity contribution in [3.8, 4) is 5.75 Å². The third kappa shape index (κ3) is 3.74. The molecule has 3 amide bonds. The van der Waals surface area contributed by atoms with Gasteiger partial charge in [-0.15, -0.1) is 0 Å². The van der Waals surface area contributed by atoms with Gasteiger partial charge in [-0.2, -0.15) is 0 Å². The van der Waals surface area contributed by atoms with E-state index < -0.39 is 23.6 Å². The summed E-state index contributed by atoms with van der Waals surface area (Å²) in [6, 6.07) is 20.5. The van der Waals surface area contributed by atoms with Gasteiger partial charge in [-0.1, -0.05) is 48.5 Å². The highest BCUT2D eigenvalue weighted by molar-refractivity contribution is 6.07. The van der Waals surface area contributed by atoms with E-state index in [1.54, 1.807) is 13.0 Å². The zero-order chi connectivity index (χ0) is 21.3. The quantitative estimate of drug-likeness (QED) is 0.618. The van der Waals surface area contributed by atoms with Crippen LogP contribution in [-0.4, -0.2) is 41.2 Å². The van der Waals surface area contributed by atoms with Crippen molar-refractivity contribution in [1.29, 1.82) is 0 Å². The molecule has 1 aliphatic heterocycles. The average Bonchev–Trinajstić information content (AvgIpc) is 2.96. The number of rotatable bonds is 6. The highest BCUT2D eigenvalue weighted by Gasteiger charge is 2.49. The van der Waals surface area contributed by atoms with Gasteiger partial charge < -0.3 is 15.2 Å². The van der Waals surface area contributed by atoms with Gasteiger partial charge in [0, 0.05) is 0 Å². The lowest BCUT2D eigenvalue weighted by atomic mass is 9.90. The Morgan fingerprint density at radius 3 is 2.57 bits per heavy atom. The number of hydrogen-bond acceptors (Lipinski definition) is 4. The number of ether oxygens (including phenoxy) is 1. The maximum Gasteiger partial charge on any atom is 0.325 e. The van der Waals surface area contributed by atoms with Gasteiger partial charge in [0.05, 0.1) is 6.54 Å². The third-order valence-corrected chi connectivity index (χ3v) is 5.43. The van der Waals surface area contributed by atoms with Crippen LogP contribution in [-0.2, 0) is 10.3 Å². The van der Waals surface area contributed by atoms with Crippen LogP contribution in [0.2, 0.25) is 0 Å². The molecule has 6 nitrogen and oxygen atoms in total. The average molecular weight is 404 g/mol. The number of fused-ring (bicyclic) bond motifs is 1. The summed E-state index contributed by atoms with van der Waals surface area (Å²) in [6.07, 6.45) is -1.00. The smallest absolute Gasteiger partial charge is 0.325 e. The van der Waals surface area contributed by atoms with Crippen LogP contribution < -0.4 is 10.1 Å². The second-order valence-electron chi connectivity index (χ2n) is 7.81. The van der Waals surface area contributed by atoms with Crippen LogP contribution in [0.5, 0.6) is 5.75 Å². The number of amides is 3. The second-order valence-corrected chi connectivity index (χ2v) is 7.81. The van der Waals surface area contributed by atoms with Crippen molar-refractivity contribution < 1.29 is 19.4 Å². The highest BCUT2D eigenvalue weighted by Crippen LogP contribution is 2.31. The summed E-state index contributed by atoms with van der Waals surface area (Å²) in [6.45, 7) is 3.48. The Bertz CT molecular complexity index is 1110. The molecule has 0 bridgehead atoms. The van der Waals surface area contributed by atoms with Gasteiger partial charge in [-0.05, 0) is 53.9 Å². The number of benzene rings is 3. The zero-order valence-corrected chi connectivity index (χ0v) is 17.0. The minimum atomic E-state index is -1.18. The van der Waals surface area contributed by atoms with E-state index in [1.807, 2.05) is 67.6 Å². The molecule has 0 saturated carbocycles. The Labute approximate surface area is 175 Å². The first kappa shape index (κ1) is 19.9. The number of nitrogens with one attached hydrogen (secondary N) is 1. The molecule has 0 unspecified atom stereocenters. The molecule has 0 aliphatic carbocycles. The van der Waals surface area contributed by atoms with Crippen molar-refractivity contribution in [2.75, 3.05) is 13.2 Å². The van der Waals surface area contributed by atoms with E-state index in [4.69, 9.17) is 4.74 Å². The van der Waals surface area contributed by atoms with E-state index in [0.29, 0.717) is 11.3 Å². The monoisotopic (exact) mass is 404 g/mol. The van der Waals surface area contributed by atoms with Gasteiger partial charge in [-0.3, -0.25) is 9.69 Å². The number of carbonyl (C=O) groups is 2. The molecular weight excluding hydrogens is 380 g/mol. The molecule has 1 saturated heterocycles. The SMILES string of the molecule is Cc1cccc(OC[C@@H](O)CN2C(=O)N[C@@](C)(c3ccc4ccccc4c3)C2=O)c1. The molecule has 3 aromatic rings. The number of hydrogen-bond donors (Lipinski definition) is 2. The first-order valence-corrected chi connectivity index (χ1v) is 9.88. The molecule has 0 aromatic heterocycles. The number of aliphatic hydroxyl groups excluding tert-OH is 1.